The Morgan fingerprint density at radius 1 is 1.21 bits per heavy atom. The Labute approximate surface area is 165 Å². The van der Waals surface area contributed by atoms with Crippen molar-refractivity contribution in [3.8, 4) is 17.5 Å². The molecule has 2 N–H and O–H groups in total. The van der Waals surface area contributed by atoms with Crippen molar-refractivity contribution in [3.63, 3.8) is 0 Å². The monoisotopic (exact) mass is 384 g/mol. The Morgan fingerprint density at radius 2 is 2.07 bits per heavy atom. The van der Waals surface area contributed by atoms with Crippen molar-refractivity contribution in [1.82, 2.24) is 15.0 Å². The van der Waals surface area contributed by atoms with Crippen LogP contribution in [0.5, 0.6) is 0 Å². The SMILES string of the molecule is CNc1ncc(-c2nc3ccc(C#N)cc3o2)c2cc(NC(=O)C3CC3)ncc12. The van der Waals surface area contributed by atoms with Crippen LogP contribution in [0.3, 0.4) is 0 Å². The number of hydrogen-bond acceptors (Lipinski definition) is 7. The third kappa shape index (κ3) is 3.02. The molecule has 4 aromatic rings. The Morgan fingerprint density at radius 3 is 2.83 bits per heavy atom. The number of oxazole rings is 1. The first-order valence-corrected chi connectivity index (χ1v) is 9.24. The molecule has 3 heterocycles. The Balaban J connectivity index is 1.65. The Bertz CT molecular complexity index is 1320. The lowest BCUT2D eigenvalue weighted by Crippen LogP contribution is -2.14. The highest BCUT2D eigenvalue weighted by Gasteiger charge is 2.30. The van der Waals surface area contributed by atoms with Crippen molar-refractivity contribution in [3.05, 3.63) is 42.2 Å². The number of hydrogen-bond donors (Lipinski definition) is 2. The van der Waals surface area contributed by atoms with Gasteiger partial charge in [0.1, 0.15) is 17.2 Å². The fourth-order valence-corrected chi connectivity index (χ4v) is 3.26. The lowest BCUT2D eigenvalue weighted by atomic mass is 10.1. The Hall–Kier alpha value is -3.99. The number of carbonyl (C=O) groups excluding carboxylic acids is 1. The van der Waals surface area contributed by atoms with E-state index in [-0.39, 0.29) is 11.8 Å². The predicted molar refractivity (Wildman–Crippen MR) is 108 cm³/mol. The molecule has 1 aromatic carbocycles. The van der Waals surface area contributed by atoms with Crippen molar-refractivity contribution < 1.29 is 9.21 Å². The lowest BCUT2D eigenvalue weighted by Gasteiger charge is -2.10. The molecule has 0 bridgehead atoms. The molecule has 0 radical (unpaired) electrons. The maximum absolute atomic E-state index is 12.1. The number of pyridine rings is 2. The van der Waals surface area contributed by atoms with Gasteiger partial charge in [0.2, 0.25) is 11.8 Å². The van der Waals surface area contributed by atoms with Crippen molar-refractivity contribution in [2.45, 2.75) is 12.8 Å². The largest absolute Gasteiger partial charge is 0.436 e. The molecule has 0 unspecified atom stereocenters. The first kappa shape index (κ1) is 17.1. The van der Waals surface area contributed by atoms with Crippen molar-refractivity contribution in [2.24, 2.45) is 5.92 Å². The van der Waals surface area contributed by atoms with Gasteiger partial charge >= 0.3 is 0 Å². The molecule has 5 rings (SSSR count). The third-order valence-electron chi connectivity index (χ3n) is 4.96. The van der Waals surface area contributed by atoms with Crippen LogP contribution in [0.15, 0.2) is 41.1 Å². The standard InChI is InChI=1S/C21H16N6O2/c1-23-19-14-9-24-18(27-20(28)12-3-4-12)7-13(14)15(10-25-19)21-26-16-5-2-11(8-22)6-17(16)29-21/h2,5-7,9-10,12H,3-4H2,1H3,(H,23,25)(H,24,27,28). The van der Waals surface area contributed by atoms with E-state index in [0.717, 1.165) is 23.6 Å². The van der Waals surface area contributed by atoms with E-state index in [2.05, 4.69) is 31.7 Å². The minimum atomic E-state index is -0.00723. The molecule has 0 atom stereocenters. The first-order chi connectivity index (χ1) is 14.2. The molecule has 142 valence electrons. The third-order valence-corrected chi connectivity index (χ3v) is 4.96. The lowest BCUT2D eigenvalue weighted by molar-refractivity contribution is -0.117. The van der Waals surface area contributed by atoms with E-state index in [9.17, 15) is 4.79 Å². The zero-order valence-corrected chi connectivity index (χ0v) is 15.6. The summed E-state index contributed by atoms with van der Waals surface area (Å²) in [7, 11) is 1.78. The minimum absolute atomic E-state index is 0.00723. The first-order valence-electron chi connectivity index (χ1n) is 9.24. The molecule has 1 aliphatic rings. The summed E-state index contributed by atoms with van der Waals surface area (Å²) in [6, 6.07) is 9.01. The van der Waals surface area contributed by atoms with Crippen LogP contribution in [-0.2, 0) is 4.79 Å². The highest BCUT2D eigenvalue weighted by Crippen LogP contribution is 2.35. The average molecular weight is 384 g/mol. The number of nitriles is 1. The molecule has 1 aliphatic carbocycles. The predicted octanol–water partition coefficient (Wildman–Crippen LogP) is 3.70. The van der Waals surface area contributed by atoms with Gasteiger partial charge in [-0.25, -0.2) is 15.0 Å². The Kier molecular flexibility index (Phi) is 3.88. The number of anilines is 2. The van der Waals surface area contributed by atoms with E-state index in [1.165, 1.54) is 0 Å². The van der Waals surface area contributed by atoms with Crippen LogP contribution in [0, 0.1) is 17.2 Å². The molecule has 29 heavy (non-hydrogen) atoms. The van der Waals surface area contributed by atoms with Gasteiger partial charge in [-0.3, -0.25) is 4.79 Å². The number of nitrogens with zero attached hydrogens (tertiary/aromatic N) is 4. The van der Waals surface area contributed by atoms with E-state index in [1.807, 2.05) is 6.07 Å². The van der Waals surface area contributed by atoms with E-state index < -0.39 is 0 Å². The van der Waals surface area contributed by atoms with Crippen LogP contribution in [0.1, 0.15) is 18.4 Å². The van der Waals surface area contributed by atoms with E-state index in [0.29, 0.717) is 39.8 Å². The highest BCUT2D eigenvalue weighted by molar-refractivity contribution is 6.03. The molecule has 1 fully saturated rings. The highest BCUT2D eigenvalue weighted by atomic mass is 16.3. The summed E-state index contributed by atoms with van der Waals surface area (Å²) in [5, 5.41) is 16.6. The van der Waals surface area contributed by atoms with Gasteiger partial charge < -0.3 is 15.1 Å². The van der Waals surface area contributed by atoms with Crippen molar-refractivity contribution in [2.75, 3.05) is 17.7 Å². The van der Waals surface area contributed by atoms with E-state index in [1.54, 1.807) is 37.6 Å². The smallest absolute Gasteiger partial charge is 0.229 e. The molecular weight excluding hydrogens is 368 g/mol. The molecular formula is C21H16N6O2. The second kappa shape index (κ2) is 6.56. The molecule has 0 saturated heterocycles. The number of rotatable bonds is 4. The number of fused-ring (bicyclic) bond motifs is 2. The molecule has 0 spiro atoms. The maximum Gasteiger partial charge on any atom is 0.229 e. The number of nitrogens with one attached hydrogen (secondary N) is 2. The molecule has 1 amide bonds. The maximum atomic E-state index is 12.1. The van der Waals surface area contributed by atoms with Gasteiger partial charge in [0.15, 0.2) is 5.58 Å². The van der Waals surface area contributed by atoms with Crippen molar-refractivity contribution >= 4 is 39.4 Å². The molecule has 0 aliphatic heterocycles. The molecule has 3 aromatic heterocycles. The van der Waals surface area contributed by atoms with Crippen LogP contribution < -0.4 is 10.6 Å². The van der Waals surface area contributed by atoms with Gasteiger partial charge in [0.05, 0.1) is 17.2 Å². The quantitative estimate of drug-likeness (QED) is 0.551. The van der Waals surface area contributed by atoms with Gasteiger partial charge in [-0.15, -0.1) is 0 Å². The van der Waals surface area contributed by atoms with E-state index in [4.69, 9.17) is 9.68 Å². The summed E-state index contributed by atoms with van der Waals surface area (Å²) < 4.78 is 5.92. The normalized spacial score (nSPS) is 13.4. The minimum Gasteiger partial charge on any atom is -0.436 e. The molecule has 8 nitrogen and oxygen atoms in total. The van der Waals surface area contributed by atoms with Crippen LogP contribution >= 0.6 is 0 Å². The second-order valence-electron chi connectivity index (χ2n) is 6.96. The zero-order valence-electron chi connectivity index (χ0n) is 15.6. The number of benzene rings is 1. The van der Waals surface area contributed by atoms with E-state index >= 15 is 0 Å². The summed E-state index contributed by atoms with van der Waals surface area (Å²) in [5.74, 6) is 1.61. The van der Waals surface area contributed by atoms with Crippen LogP contribution in [-0.4, -0.2) is 27.9 Å². The van der Waals surface area contributed by atoms with Crippen LogP contribution in [0.2, 0.25) is 0 Å². The van der Waals surface area contributed by atoms with Crippen LogP contribution in [0.25, 0.3) is 33.3 Å². The number of carbonyl (C=O) groups is 1. The van der Waals surface area contributed by atoms with Gasteiger partial charge in [-0.2, -0.15) is 5.26 Å². The zero-order chi connectivity index (χ0) is 20.0. The van der Waals surface area contributed by atoms with Gasteiger partial charge in [-0.1, -0.05) is 0 Å². The second-order valence-corrected chi connectivity index (χ2v) is 6.96. The summed E-state index contributed by atoms with van der Waals surface area (Å²) in [6.07, 6.45) is 5.20. The van der Waals surface area contributed by atoms with Gasteiger partial charge in [0, 0.05) is 42.2 Å². The summed E-state index contributed by atoms with van der Waals surface area (Å²) in [4.78, 5) is 25.5. The summed E-state index contributed by atoms with van der Waals surface area (Å²) in [5.41, 5.74) is 2.36. The fraction of sp³-hybridized carbons (Fsp3) is 0.190. The molecule has 1 saturated carbocycles. The summed E-state index contributed by atoms with van der Waals surface area (Å²) >= 11 is 0. The molecule has 8 heteroatoms. The van der Waals surface area contributed by atoms with Crippen LogP contribution in [0.4, 0.5) is 11.6 Å². The fourth-order valence-electron chi connectivity index (χ4n) is 3.26. The van der Waals surface area contributed by atoms with Gasteiger partial charge in [0.25, 0.3) is 0 Å². The van der Waals surface area contributed by atoms with Gasteiger partial charge in [-0.05, 0) is 31.0 Å². The number of aromatic nitrogens is 3. The topological polar surface area (TPSA) is 117 Å². The number of amides is 1. The summed E-state index contributed by atoms with van der Waals surface area (Å²) in [6.45, 7) is 0. The average Bonchev–Trinajstić information content (AvgIpc) is 3.51. The van der Waals surface area contributed by atoms with Crippen molar-refractivity contribution in [1.29, 1.82) is 5.26 Å².